The number of benzene rings is 3. The summed E-state index contributed by atoms with van der Waals surface area (Å²) in [6.07, 6.45) is 4.00. The van der Waals surface area contributed by atoms with Gasteiger partial charge in [-0.2, -0.15) is 0 Å². The van der Waals surface area contributed by atoms with Gasteiger partial charge >= 0.3 is 0 Å². The zero-order chi connectivity index (χ0) is 22.0. The molecule has 1 atom stereocenters. The first kappa shape index (κ1) is 20.8. The molecule has 0 amide bonds. The second-order valence-corrected chi connectivity index (χ2v) is 8.65. The maximum Gasteiger partial charge on any atom is 0.225 e. The predicted molar refractivity (Wildman–Crippen MR) is 128 cm³/mol. The Labute approximate surface area is 190 Å². The van der Waals surface area contributed by atoms with Gasteiger partial charge in [0.1, 0.15) is 5.75 Å². The maximum atomic E-state index is 12.1. The highest BCUT2D eigenvalue weighted by molar-refractivity contribution is 5.98. The molecule has 2 aliphatic rings. The Hall–Kier alpha value is -3.11. The number of rotatable bonds is 5. The first-order valence-corrected chi connectivity index (χ1v) is 11.7. The van der Waals surface area contributed by atoms with Gasteiger partial charge in [0.2, 0.25) is 11.4 Å². The van der Waals surface area contributed by atoms with Gasteiger partial charge < -0.3 is 9.84 Å². The van der Waals surface area contributed by atoms with Crippen molar-refractivity contribution < 1.29 is 14.5 Å². The van der Waals surface area contributed by atoms with Crippen LogP contribution in [0, 0.1) is 0 Å². The molecular formula is C28H31N2O2+. The third-order valence-electron chi connectivity index (χ3n) is 6.64. The van der Waals surface area contributed by atoms with Crippen LogP contribution in [0.4, 0.5) is 0 Å². The van der Waals surface area contributed by atoms with E-state index in [2.05, 4.69) is 70.4 Å². The number of hydrazine groups is 1. The van der Waals surface area contributed by atoms with Crippen LogP contribution in [0.25, 0.3) is 11.1 Å². The standard InChI is InChI=1S/C28H31N2O2/c1-2-32-26-17-13-24(14-18-26)27-21-28(31,30-20-8-4-7-19-29(27)30)25-15-11-23(12-16-25)22-9-5-3-6-10-22/h3,5-6,9-18,31H,2,4,7-8,19-21H2,1H3/q+1. The minimum atomic E-state index is -1.03. The number of fused-ring (bicyclic) bond motifs is 1. The Morgan fingerprint density at radius 3 is 2.25 bits per heavy atom. The van der Waals surface area contributed by atoms with E-state index >= 15 is 0 Å². The summed E-state index contributed by atoms with van der Waals surface area (Å²) >= 11 is 0. The summed E-state index contributed by atoms with van der Waals surface area (Å²) in [4.78, 5) is 0. The van der Waals surface area contributed by atoms with Crippen LogP contribution in [0.1, 0.15) is 43.7 Å². The van der Waals surface area contributed by atoms with Crippen molar-refractivity contribution >= 4 is 5.71 Å². The minimum Gasteiger partial charge on any atom is -0.494 e. The lowest BCUT2D eigenvalue weighted by molar-refractivity contribution is -0.706. The van der Waals surface area contributed by atoms with Crippen LogP contribution < -0.4 is 4.74 Å². The van der Waals surface area contributed by atoms with E-state index in [-0.39, 0.29) is 0 Å². The molecule has 5 rings (SSSR count). The number of ether oxygens (including phenoxy) is 1. The number of hydrogen-bond acceptors (Lipinski definition) is 3. The van der Waals surface area contributed by atoms with E-state index in [1.54, 1.807) is 0 Å². The highest BCUT2D eigenvalue weighted by Gasteiger charge is 2.52. The molecule has 4 heteroatoms. The van der Waals surface area contributed by atoms with Gasteiger partial charge in [0.25, 0.3) is 0 Å². The molecule has 4 nitrogen and oxygen atoms in total. The van der Waals surface area contributed by atoms with Gasteiger partial charge in [-0.05, 0) is 55.2 Å². The molecular weight excluding hydrogens is 396 g/mol. The maximum absolute atomic E-state index is 12.1. The number of hydrogen-bond donors (Lipinski definition) is 1. The summed E-state index contributed by atoms with van der Waals surface area (Å²) < 4.78 is 7.95. The molecule has 0 aromatic heterocycles. The van der Waals surface area contributed by atoms with E-state index in [9.17, 15) is 5.11 Å². The molecule has 1 saturated heterocycles. The third kappa shape index (κ3) is 3.80. The monoisotopic (exact) mass is 427 g/mol. The van der Waals surface area contributed by atoms with Crippen LogP contribution in [0.2, 0.25) is 0 Å². The van der Waals surface area contributed by atoms with Crippen LogP contribution in [0.5, 0.6) is 5.75 Å². The van der Waals surface area contributed by atoms with Crippen molar-refractivity contribution in [3.8, 4) is 16.9 Å². The van der Waals surface area contributed by atoms with Gasteiger partial charge in [-0.25, -0.2) is 0 Å². The fraction of sp³-hybridized carbons (Fsp3) is 0.321. The topological polar surface area (TPSA) is 35.7 Å². The Balaban J connectivity index is 1.49. The van der Waals surface area contributed by atoms with Gasteiger partial charge in [0.05, 0.1) is 19.6 Å². The molecule has 2 aliphatic heterocycles. The Kier molecular flexibility index (Phi) is 5.71. The van der Waals surface area contributed by atoms with E-state index in [1.165, 1.54) is 23.3 Å². The largest absolute Gasteiger partial charge is 0.494 e. The predicted octanol–water partition coefficient (Wildman–Crippen LogP) is 5.20. The van der Waals surface area contributed by atoms with Crippen molar-refractivity contribution in [2.75, 3.05) is 19.7 Å². The van der Waals surface area contributed by atoms with Crippen LogP contribution >= 0.6 is 0 Å². The van der Waals surface area contributed by atoms with E-state index < -0.39 is 5.72 Å². The van der Waals surface area contributed by atoms with E-state index in [4.69, 9.17) is 4.74 Å². The SMILES string of the molecule is CCOc1ccc(C2=[N+]3CCCCCN3C(O)(c3ccc(-c4ccccc4)cc3)C2)cc1. The lowest BCUT2D eigenvalue weighted by Gasteiger charge is -2.30. The molecule has 0 bridgehead atoms. The Morgan fingerprint density at radius 1 is 0.844 bits per heavy atom. The fourth-order valence-corrected chi connectivity index (χ4v) is 5.00. The number of aliphatic hydroxyl groups is 1. The zero-order valence-electron chi connectivity index (χ0n) is 18.7. The molecule has 164 valence electrons. The average molecular weight is 428 g/mol. The van der Waals surface area contributed by atoms with Crippen molar-refractivity contribution in [2.45, 2.75) is 38.3 Å². The highest BCUT2D eigenvalue weighted by Crippen LogP contribution is 2.38. The average Bonchev–Trinajstić information content (AvgIpc) is 2.98. The normalized spacial score (nSPS) is 20.8. The first-order chi connectivity index (χ1) is 15.7. The van der Waals surface area contributed by atoms with Gasteiger partial charge in [0, 0.05) is 17.5 Å². The quantitative estimate of drug-likeness (QED) is 0.568. The molecule has 1 fully saturated rings. The van der Waals surface area contributed by atoms with Crippen molar-refractivity contribution in [3.63, 3.8) is 0 Å². The zero-order valence-corrected chi connectivity index (χ0v) is 18.7. The van der Waals surface area contributed by atoms with Crippen molar-refractivity contribution in [3.05, 3.63) is 90.0 Å². The molecule has 2 heterocycles. The molecule has 0 spiro atoms. The molecule has 0 saturated carbocycles. The molecule has 1 unspecified atom stereocenters. The Bertz CT molecular complexity index is 1090. The van der Waals surface area contributed by atoms with E-state index in [0.29, 0.717) is 13.0 Å². The summed E-state index contributed by atoms with van der Waals surface area (Å²) in [6.45, 7) is 4.46. The van der Waals surface area contributed by atoms with Crippen LogP contribution in [0.15, 0.2) is 78.9 Å². The smallest absolute Gasteiger partial charge is 0.225 e. The number of nitrogens with zero attached hydrogens (tertiary/aromatic N) is 2. The fourth-order valence-electron chi connectivity index (χ4n) is 5.00. The van der Waals surface area contributed by atoms with Crippen molar-refractivity contribution in [1.29, 1.82) is 0 Å². The van der Waals surface area contributed by atoms with Gasteiger partial charge in [-0.1, -0.05) is 54.6 Å². The van der Waals surface area contributed by atoms with E-state index in [0.717, 1.165) is 42.8 Å². The van der Waals surface area contributed by atoms with E-state index in [1.807, 2.05) is 25.1 Å². The van der Waals surface area contributed by atoms with Gasteiger partial charge in [0.15, 0.2) is 6.54 Å². The summed E-state index contributed by atoms with van der Waals surface area (Å²) in [6, 6.07) is 27.1. The summed E-state index contributed by atoms with van der Waals surface area (Å²) in [5, 5.41) is 14.3. The highest BCUT2D eigenvalue weighted by atomic mass is 16.5. The van der Waals surface area contributed by atoms with Crippen LogP contribution in [0.3, 0.4) is 0 Å². The molecule has 0 aliphatic carbocycles. The van der Waals surface area contributed by atoms with Crippen LogP contribution in [-0.2, 0) is 5.72 Å². The van der Waals surface area contributed by atoms with Crippen molar-refractivity contribution in [1.82, 2.24) is 5.01 Å². The molecule has 1 N–H and O–H groups in total. The van der Waals surface area contributed by atoms with Crippen molar-refractivity contribution in [2.24, 2.45) is 0 Å². The van der Waals surface area contributed by atoms with Crippen LogP contribution in [-0.4, -0.2) is 40.2 Å². The second-order valence-electron chi connectivity index (χ2n) is 8.65. The molecule has 0 radical (unpaired) electrons. The van der Waals surface area contributed by atoms with Gasteiger partial charge in [-0.3, -0.25) is 0 Å². The molecule has 32 heavy (non-hydrogen) atoms. The minimum absolute atomic E-state index is 0.575. The summed E-state index contributed by atoms with van der Waals surface area (Å²) in [5.74, 6) is 0.884. The third-order valence-corrected chi connectivity index (χ3v) is 6.64. The lowest BCUT2D eigenvalue weighted by atomic mass is 9.93. The molecule has 3 aromatic rings. The summed E-state index contributed by atoms with van der Waals surface area (Å²) in [7, 11) is 0. The number of hydrazone groups is 1. The molecule has 3 aromatic carbocycles. The second kappa shape index (κ2) is 8.79. The first-order valence-electron chi connectivity index (χ1n) is 11.7. The lowest BCUT2D eigenvalue weighted by Crippen LogP contribution is -2.46. The van der Waals surface area contributed by atoms with Gasteiger partial charge in [-0.15, -0.1) is 9.69 Å². The summed E-state index contributed by atoms with van der Waals surface area (Å²) in [5.41, 5.74) is 4.61. The Morgan fingerprint density at radius 2 is 1.53 bits per heavy atom.